The number of fused-ring (bicyclic) bond motifs is 3. The Labute approximate surface area is 163 Å². The number of nitrogens with two attached hydrogens (primary N) is 1. The molecule has 2 amide bonds. The summed E-state index contributed by atoms with van der Waals surface area (Å²) in [6, 6.07) is 18.3. The monoisotopic (exact) mass is 371 g/mol. The largest absolute Gasteiger partial charge is 0.388 e. The molecular weight excluding hydrogens is 350 g/mol. The molecule has 1 aliphatic heterocycles. The van der Waals surface area contributed by atoms with Crippen molar-refractivity contribution in [2.24, 2.45) is 5.73 Å². The van der Waals surface area contributed by atoms with Crippen molar-refractivity contribution in [1.82, 2.24) is 4.90 Å². The topological polar surface area (TPSA) is 75.4 Å². The molecule has 3 aromatic rings. The summed E-state index contributed by atoms with van der Waals surface area (Å²) in [6.45, 7) is 4.26. The summed E-state index contributed by atoms with van der Waals surface area (Å²) in [6.07, 6.45) is 0. The Morgan fingerprint density at radius 1 is 1.14 bits per heavy atom. The molecule has 0 saturated carbocycles. The van der Waals surface area contributed by atoms with Gasteiger partial charge in [0.1, 0.15) is 0 Å². The lowest BCUT2D eigenvalue weighted by Gasteiger charge is -2.15. The fourth-order valence-corrected chi connectivity index (χ4v) is 3.66. The number of benzene rings is 3. The molecule has 3 aromatic carbocycles. The molecule has 0 spiro atoms. The third kappa shape index (κ3) is 3.01. The molecule has 0 aromatic heterocycles. The van der Waals surface area contributed by atoms with Gasteiger partial charge in [-0.05, 0) is 51.7 Å². The van der Waals surface area contributed by atoms with Crippen molar-refractivity contribution in [2.45, 2.75) is 6.54 Å². The second-order valence-corrected chi connectivity index (χ2v) is 6.99. The normalized spacial score (nSPS) is 12.9. The molecule has 0 saturated heterocycles. The SMILES string of the molecule is C=C(CN1Cc2c(ccc3ccc(-c4cccc(NC)c4)cc23)C1=O)C(N)=O. The third-order valence-electron chi connectivity index (χ3n) is 5.21. The maximum absolute atomic E-state index is 12.8. The minimum atomic E-state index is -0.583. The zero-order valence-electron chi connectivity index (χ0n) is 15.7. The van der Waals surface area contributed by atoms with E-state index < -0.39 is 5.91 Å². The number of carbonyl (C=O) groups excluding carboxylic acids is 2. The van der Waals surface area contributed by atoms with Crippen LogP contribution in [0, 0.1) is 0 Å². The number of rotatable bonds is 5. The Kier molecular flexibility index (Phi) is 4.35. The van der Waals surface area contributed by atoms with Crippen molar-refractivity contribution in [3.8, 4) is 11.1 Å². The standard InChI is InChI=1S/C23H21N3O2/c1-14(22(24)27)12-26-13-21-19(23(26)28)9-8-15-6-7-17(11-20(15)21)16-4-3-5-18(10-16)25-2/h3-11,25H,1,12-13H2,2H3,(H2,24,27). The quantitative estimate of drug-likeness (QED) is 0.674. The molecule has 0 aliphatic carbocycles. The predicted molar refractivity (Wildman–Crippen MR) is 112 cm³/mol. The van der Waals surface area contributed by atoms with Gasteiger partial charge in [-0.1, -0.05) is 36.9 Å². The highest BCUT2D eigenvalue weighted by Crippen LogP contribution is 2.34. The van der Waals surface area contributed by atoms with E-state index in [1.165, 1.54) is 0 Å². The number of amides is 2. The second-order valence-electron chi connectivity index (χ2n) is 6.99. The van der Waals surface area contributed by atoms with Crippen molar-refractivity contribution in [3.63, 3.8) is 0 Å². The van der Waals surface area contributed by atoms with E-state index in [0.717, 1.165) is 33.2 Å². The number of nitrogens with zero attached hydrogens (tertiary/aromatic N) is 1. The highest BCUT2D eigenvalue weighted by atomic mass is 16.2. The van der Waals surface area contributed by atoms with Gasteiger partial charge in [0.05, 0.1) is 6.54 Å². The van der Waals surface area contributed by atoms with Gasteiger partial charge in [0.15, 0.2) is 0 Å². The minimum absolute atomic E-state index is 0.0955. The number of hydrogen-bond donors (Lipinski definition) is 2. The summed E-state index contributed by atoms with van der Waals surface area (Å²) in [5.41, 5.74) is 10.4. The maximum atomic E-state index is 12.8. The van der Waals surface area contributed by atoms with Gasteiger partial charge in [0.2, 0.25) is 5.91 Å². The first-order chi connectivity index (χ1) is 13.5. The molecule has 3 N–H and O–H groups in total. The predicted octanol–water partition coefficient (Wildman–Crippen LogP) is 3.55. The Bertz CT molecular complexity index is 1130. The second kappa shape index (κ2) is 6.85. The van der Waals surface area contributed by atoms with Crippen LogP contribution in [0.3, 0.4) is 0 Å². The average molecular weight is 371 g/mol. The van der Waals surface area contributed by atoms with Crippen LogP contribution in [0.2, 0.25) is 0 Å². The fraction of sp³-hybridized carbons (Fsp3) is 0.130. The van der Waals surface area contributed by atoms with Crippen LogP contribution in [0.25, 0.3) is 21.9 Å². The van der Waals surface area contributed by atoms with Crippen LogP contribution in [-0.4, -0.2) is 30.3 Å². The van der Waals surface area contributed by atoms with Gasteiger partial charge in [-0.3, -0.25) is 9.59 Å². The average Bonchev–Trinajstić information content (AvgIpc) is 3.03. The Hall–Kier alpha value is -3.60. The number of anilines is 1. The number of nitrogens with one attached hydrogen (secondary N) is 1. The van der Waals surface area contributed by atoms with E-state index in [1.54, 1.807) is 4.90 Å². The molecule has 4 rings (SSSR count). The van der Waals surface area contributed by atoms with Gasteiger partial charge >= 0.3 is 0 Å². The lowest BCUT2D eigenvalue weighted by Crippen LogP contribution is -2.30. The molecular formula is C23H21N3O2. The van der Waals surface area contributed by atoms with Crippen molar-refractivity contribution in [2.75, 3.05) is 18.9 Å². The molecule has 140 valence electrons. The number of carbonyl (C=O) groups is 2. The Morgan fingerprint density at radius 3 is 2.64 bits per heavy atom. The number of hydrogen-bond acceptors (Lipinski definition) is 3. The molecule has 1 heterocycles. The first kappa shape index (κ1) is 17.8. The fourth-order valence-electron chi connectivity index (χ4n) is 3.66. The van der Waals surface area contributed by atoms with Gasteiger partial charge in [0, 0.05) is 30.4 Å². The van der Waals surface area contributed by atoms with E-state index in [4.69, 9.17) is 5.73 Å². The third-order valence-corrected chi connectivity index (χ3v) is 5.21. The van der Waals surface area contributed by atoms with E-state index in [2.05, 4.69) is 42.2 Å². The molecule has 0 atom stereocenters. The molecule has 0 radical (unpaired) electrons. The molecule has 1 aliphatic rings. The Balaban J connectivity index is 1.76. The Morgan fingerprint density at radius 2 is 1.89 bits per heavy atom. The lowest BCUT2D eigenvalue weighted by atomic mass is 9.96. The summed E-state index contributed by atoms with van der Waals surface area (Å²) in [7, 11) is 1.90. The van der Waals surface area contributed by atoms with Gasteiger partial charge in [0.25, 0.3) is 5.91 Å². The lowest BCUT2D eigenvalue weighted by molar-refractivity contribution is -0.114. The van der Waals surface area contributed by atoms with Gasteiger partial charge in [-0.25, -0.2) is 0 Å². The van der Waals surface area contributed by atoms with Crippen molar-refractivity contribution >= 4 is 28.3 Å². The summed E-state index contributed by atoms with van der Waals surface area (Å²) in [5, 5.41) is 5.28. The number of primary amides is 1. The first-order valence-electron chi connectivity index (χ1n) is 9.08. The van der Waals surface area contributed by atoms with Crippen LogP contribution in [-0.2, 0) is 11.3 Å². The summed E-state index contributed by atoms with van der Waals surface area (Å²) >= 11 is 0. The van der Waals surface area contributed by atoms with Crippen molar-refractivity contribution in [3.05, 3.63) is 77.9 Å². The van der Waals surface area contributed by atoms with Crippen LogP contribution in [0.15, 0.2) is 66.7 Å². The molecule has 0 fully saturated rings. The zero-order valence-corrected chi connectivity index (χ0v) is 15.7. The van der Waals surface area contributed by atoms with E-state index in [1.807, 2.05) is 31.3 Å². The summed E-state index contributed by atoms with van der Waals surface area (Å²) in [5.74, 6) is -0.679. The summed E-state index contributed by atoms with van der Waals surface area (Å²) in [4.78, 5) is 25.7. The van der Waals surface area contributed by atoms with E-state index in [-0.39, 0.29) is 18.0 Å². The van der Waals surface area contributed by atoms with Crippen LogP contribution < -0.4 is 11.1 Å². The molecule has 0 bridgehead atoms. The van der Waals surface area contributed by atoms with E-state index in [0.29, 0.717) is 12.1 Å². The van der Waals surface area contributed by atoms with Crippen LogP contribution in [0.5, 0.6) is 0 Å². The van der Waals surface area contributed by atoms with Gasteiger partial charge in [-0.2, -0.15) is 0 Å². The van der Waals surface area contributed by atoms with Gasteiger partial charge < -0.3 is 16.0 Å². The van der Waals surface area contributed by atoms with E-state index >= 15 is 0 Å². The van der Waals surface area contributed by atoms with Crippen LogP contribution >= 0.6 is 0 Å². The minimum Gasteiger partial charge on any atom is -0.388 e. The van der Waals surface area contributed by atoms with Crippen molar-refractivity contribution in [1.29, 1.82) is 0 Å². The maximum Gasteiger partial charge on any atom is 0.254 e. The van der Waals surface area contributed by atoms with Crippen LogP contribution in [0.4, 0.5) is 5.69 Å². The molecule has 5 heteroatoms. The highest BCUT2D eigenvalue weighted by molar-refractivity contribution is 6.05. The van der Waals surface area contributed by atoms with E-state index in [9.17, 15) is 9.59 Å². The molecule has 28 heavy (non-hydrogen) atoms. The highest BCUT2D eigenvalue weighted by Gasteiger charge is 2.29. The summed E-state index contributed by atoms with van der Waals surface area (Å²) < 4.78 is 0. The zero-order chi connectivity index (χ0) is 19.8. The molecule has 5 nitrogen and oxygen atoms in total. The van der Waals surface area contributed by atoms with Gasteiger partial charge in [-0.15, -0.1) is 0 Å². The molecule has 0 unspecified atom stereocenters. The van der Waals surface area contributed by atoms with Crippen molar-refractivity contribution < 1.29 is 9.59 Å². The smallest absolute Gasteiger partial charge is 0.254 e. The van der Waals surface area contributed by atoms with Crippen LogP contribution in [0.1, 0.15) is 15.9 Å². The first-order valence-corrected chi connectivity index (χ1v) is 9.08.